The smallest absolute Gasteiger partial charge is 0.114 e. The van der Waals surface area contributed by atoms with Crippen LogP contribution < -0.4 is 0 Å². The van der Waals surface area contributed by atoms with Crippen molar-refractivity contribution >= 4 is 0 Å². The molecule has 1 N–H and O–H groups in total. The highest BCUT2D eigenvalue weighted by molar-refractivity contribution is 5.40. The Morgan fingerprint density at radius 1 is 0.900 bits per heavy atom. The van der Waals surface area contributed by atoms with Crippen molar-refractivity contribution in [3.63, 3.8) is 0 Å². The highest BCUT2D eigenvalue weighted by Crippen LogP contribution is 2.49. The molecule has 0 aromatic rings. The summed E-state index contributed by atoms with van der Waals surface area (Å²) in [6.07, 6.45) is 18.3. The van der Waals surface area contributed by atoms with E-state index in [1.165, 1.54) is 76.2 Å². The lowest BCUT2D eigenvalue weighted by molar-refractivity contribution is 0.357. The lowest BCUT2D eigenvalue weighted by atomic mass is 9.88. The molecule has 1 saturated carbocycles. The number of hydrogen-bond acceptors (Lipinski definition) is 1. The molecule has 0 radical (unpaired) electrons. The minimum atomic E-state index is 0.449. The molecule has 0 aromatic carbocycles. The highest BCUT2D eigenvalue weighted by atomic mass is 16.3. The lowest BCUT2D eigenvalue weighted by Crippen LogP contribution is -2.04. The second kappa shape index (κ2) is 14.9. The summed E-state index contributed by atoms with van der Waals surface area (Å²) in [7, 11) is 0. The second-order valence-electron chi connectivity index (χ2n) is 10.8. The van der Waals surface area contributed by atoms with Gasteiger partial charge in [0.05, 0.1) is 0 Å². The Labute approximate surface area is 190 Å². The second-order valence-corrected chi connectivity index (χ2v) is 10.8. The molecule has 0 saturated heterocycles. The minimum Gasteiger partial charge on any atom is -0.508 e. The molecular formula is C29H54O. The molecule has 0 atom stereocenters. The van der Waals surface area contributed by atoms with Gasteiger partial charge in [-0.15, -0.1) is 0 Å². The third-order valence-corrected chi connectivity index (χ3v) is 6.38. The molecule has 1 aliphatic rings. The van der Waals surface area contributed by atoms with Crippen LogP contribution in [0.1, 0.15) is 139 Å². The van der Waals surface area contributed by atoms with Crippen LogP contribution in [-0.4, -0.2) is 5.11 Å². The summed E-state index contributed by atoms with van der Waals surface area (Å²) in [6, 6.07) is 0. The Morgan fingerprint density at radius 2 is 1.40 bits per heavy atom. The Kier molecular flexibility index (Phi) is 14.4. The van der Waals surface area contributed by atoms with Crippen LogP contribution in [-0.2, 0) is 0 Å². The maximum absolute atomic E-state index is 10.5. The summed E-state index contributed by atoms with van der Waals surface area (Å²) in [4.78, 5) is 0. The first-order valence-corrected chi connectivity index (χ1v) is 12.8. The molecule has 176 valence electrons. The fourth-order valence-electron chi connectivity index (χ4n) is 4.03. The SMILES string of the molecule is C=C(C)/C(CCCCCCC(C)(C)C)=C(CCCCCC1(C)CC1)\C(O)=C/C.CC. The molecule has 1 heteroatoms. The third-order valence-electron chi connectivity index (χ3n) is 6.38. The van der Waals surface area contributed by atoms with Gasteiger partial charge in [0.25, 0.3) is 0 Å². The largest absolute Gasteiger partial charge is 0.508 e. The van der Waals surface area contributed by atoms with Gasteiger partial charge in [0.1, 0.15) is 5.76 Å². The first-order chi connectivity index (χ1) is 14.1. The molecule has 1 aliphatic carbocycles. The van der Waals surface area contributed by atoms with E-state index in [-0.39, 0.29) is 0 Å². The van der Waals surface area contributed by atoms with E-state index in [9.17, 15) is 5.11 Å². The van der Waals surface area contributed by atoms with Crippen molar-refractivity contribution in [2.24, 2.45) is 10.8 Å². The highest BCUT2D eigenvalue weighted by Gasteiger charge is 2.35. The summed E-state index contributed by atoms with van der Waals surface area (Å²) in [6.45, 7) is 21.7. The van der Waals surface area contributed by atoms with Crippen LogP contribution in [0.3, 0.4) is 0 Å². The van der Waals surface area contributed by atoms with Gasteiger partial charge < -0.3 is 5.11 Å². The van der Waals surface area contributed by atoms with E-state index in [2.05, 4.69) is 41.2 Å². The van der Waals surface area contributed by atoms with Gasteiger partial charge in [-0.25, -0.2) is 0 Å². The van der Waals surface area contributed by atoms with Crippen molar-refractivity contribution in [3.8, 4) is 0 Å². The topological polar surface area (TPSA) is 20.2 Å². The number of rotatable bonds is 14. The Morgan fingerprint density at radius 3 is 1.87 bits per heavy atom. The molecule has 1 rings (SSSR count). The summed E-state index contributed by atoms with van der Waals surface area (Å²) in [5, 5.41) is 10.5. The van der Waals surface area contributed by atoms with E-state index in [4.69, 9.17) is 0 Å². The Balaban J connectivity index is 0.00000407. The molecule has 0 amide bonds. The van der Waals surface area contributed by atoms with Gasteiger partial charge in [-0.2, -0.15) is 0 Å². The lowest BCUT2D eigenvalue weighted by Gasteiger charge is -2.18. The molecule has 1 fully saturated rings. The van der Waals surface area contributed by atoms with Crippen LogP contribution in [0.15, 0.2) is 35.1 Å². The van der Waals surface area contributed by atoms with Crippen LogP contribution in [0.2, 0.25) is 0 Å². The quantitative estimate of drug-likeness (QED) is 0.169. The van der Waals surface area contributed by atoms with Gasteiger partial charge >= 0.3 is 0 Å². The molecular weight excluding hydrogens is 364 g/mol. The van der Waals surface area contributed by atoms with Crippen molar-refractivity contribution in [3.05, 3.63) is 35.1 Å². The van der Waals surface area contributed by atoms with Crippen molar-refractivity contribution in [2.75, 3.05) is 0 Å². The van der Waals surface area contributed by atoms with E-state index in [0.717, 1.165) is 24.0 Å². The van der Waals surface area contributed by atoms with E-state index < -0.39 is 0 Å². The van der Waals surface area contributed by atoms with Crippen molar-refractivity contribution in [1.29, 1.82) is 0 Å². The molecule has 0 aliphatic heterocycles. The van der Waals surface area contributed by atoms with Crippen LogP contribution in [0.25, 0.3) is 0 Å². The fraction of sp³-hybridized carbons (Fsp3) is 0.793. The first kappa shape index (κ1) is 29.0. The molecule has 1 nitrogen and oxygen atoms in total. The van der Waals surface area contributed by atoms with Crippen molar-refractivity contribution < 1.29 is 5.11 Å². The number of hydrogen-bond donors (Lipinski definition) is 1. The van der Waals surface area contributed by atoms with E-state index >= 15 is 0 Å². The molecule has 0 heterocycles. The average Bonchev–Trinajstić information content (AvgIpc) is 3.42. The van der Waals surface area contributed by atoms with Gasteiger partial charge in [0, 0.05) is 0 Å². The first-order valence-electron chi connectivity index (χ1n) is 12.8. The standard InChI is InChI=1S/C27H48O.C2H6/c1-8-25(28)24(17-13-11-15-19-27(7)20-21-27)23(22(2)3)16-12-9-10-14-18-26(4,5)6;1-2/h8,28H,2,9-21H2,1,3-7H3;1-2H3/b24-23-,25-8+;. The summed E-state index contributed by atoms with van der Waals surface area (Å²) in [5.41, 5.74) is 4.70. The molecule has 30 heavy (non-hydrogen) atoms. The number of allylic oxidation sites excluding steroid dienone is 4. The average molecular weight is 419 g/mol. The molecule has 0 bridgehead atoms. The summed E-state index contributed by atoms with van der Waals surface area (Å²) >= 11 is 0. The molecule has 0 spiro atoms. The van der Waals surface area contributed by atoms with Crippen LogP contribution in [0.4, 0.5) is 0 Å². The van der Waals surface area contributed by atoms with Gasteiger partial charge in [-0.05, 0) is 93.3 Å². The monoisotopic (exact) mass is 418 g/mol. The number of aliphatic hydroxyl groups is 1. The van der Waals surface area contributed by atoms with Crippen molar-refractivity contribution in [2.45, 2.75) is 139 Å². The normalized spacial score (nSPS) is 16.5. The predicted molar refractivity (Wildman–Crippen MR) is 137 cm³/mol. The minimum absolute atomic E-state index is 0.449. The summed E-state index contributed by atoms with van der Waals surface area (Å²) in [5.74, 6) is 0.472. The van der Waals surface area contributed by atoms with Crippen molar-refractivity contribution in [1.82, 2.24) is 0 Å². The van der Waals surface area contributed by atoms with Gasteiger partial charge in [-0.3, -0.25) is 0 Å². The van der Waals surface area contributed by atoms with Crippen LogP contribution in [0, 0.1) is 10.8 Å². The van der Waals surface area contributed by atoms with E-state index in [1.54, 1.807) is 0 Å². The van der Waals surface area contributed by atoms with E-state index in [0.29, 0.717) is 16.6 Å². The van der Waals surface area contributed by atoms with Gasteiger partial charge in [-0.1, -0.05) is 85.8 Å². The number of unbranched alkanes of at least 4 members (excludes halogenated alkanes) is 5. The third kappa shape index (κ3) is 13.3. The molecule has 0 aromatic heterocycles. The zero-order valence-corrected chi connectivity index (χ0v) is 21.9. The zero-order valence-electron chi connectivity index (χ0n) is 21.9. The fourth-order valence-corrected chi connectivity index (χ4v) is 4.03. The van der Waals surface area contributed by atoms with Crippen LogP contribution >= 0.6 is 0 Å². The Bertz CT molecular complexity index is 537. The van der Waals surface area contributed by atoms with Crippen LogP contribution in [0.5, 0.6) is 0 Å². The van der Waals surface area contributed by atoms with Gasteiger partial charge in [0.2, 0.25) is 0 Å². The Hall–Kier alpha value is -0.980. The predicted octanol–water partition coefficient (Wildman–Crippen LogP) is 10.5. The zero-order chi connectivity index (χ0) is 23.2. The summed E-state index contributed by atoms with van der Waals surface area (Å²) < 4.78 is 0. The maximum atomic E-state index is 10.5. The maximum Gasteiger partial charge on any atom is 0.114 e. The van der Waals surface area contributed by atoms with Gasteiger partial charge in [0.15, 0.2) is 0 Å². The molecule has 0 unspecified atom stereocenters. The van der Waals surface area contributed by atoms with E-state index in [1.807, 2.05) is 26.8 Å². The number of aliphatic hydroxyl groups excluding tert-OH is 1.